The average molecular weight is 319 g/mol. The van der Waals surface area contributed by atoms with E-state index in [1.807, 2.05) is 37.4 Å². The van der Waals surface area contributed by atoms with Crippen molar-refractivity contribution >= 4 is 31.6 Å². The molecule has 5 rings (SSSR count). The van der Waals surface area contributed by atoms with Gasteiger partial charge >= 0.3 is 0 Å². The summed E-state index contributed by atoms with van der Waals surface area (Å²) < 4.78 is 27.8. The lowest BCUT2D eigenvalue weighted by atomic mass is 9.99. The molecule has 3 nitrogen and oxygen atoms in total. The van der Waals surface area contributed by atoms with Crippen LogP contribution in [-0.4, -0.2) is 13.0 Å². The van der Waals surface area contributed by atoms with Crippen LogP contribution in [0.5, 0.6) is 0 Å². The van der Waals surface area contributed by atoms with Gasteiger partial charge < -0.3 is 4.57 Å². The van der Waals surface area contributed by atoms with Crippen molar-refractivity contribution in [1.29, 1.82) is 0 Å². The summed E-state index contributed by atoms with van der Waals surface area (Å²) in [5.74, 6) is 0. The molecule has 4 heteroatoms. The molecule has 1 aromatic heterocycles. The van der Waals surface area contributed by atoms with Crippen LogP contribution in [0.2, 0.25) is 0 Å². The Bertz CT molecular complexity index is 1230. The molecule has 0 radical (unpaired) electrons. The fraction of sp³-hybridized carbons (Fsp3) is 0.0526. The first-order valence-corrected chi connectivity index (χ1v) is 8.93. The molecule has 0 saturated heterocycles. The zero-order valence-electron chi connectivity index (χ0n) is 12.4. The lowest BCUT2D eigenvalue weighted by Crippen LogP contribution is -1.96. The van der Waals surface area contributed by atoms with Crippen LogP contribution in [0.25, 0.3) is 32.9 Å². The van der Waals surface area contributed by atoms with Gasteiger partial charge in [-0.05, 0) is 24.3 Å². The Hall–Kier alpha value is -2.59. The molecule has 0 amide bonds. The number of para-hydroxylation sites is 1. The largest absolute Gasteiger partial charge is 0.344 e. The fourth-order valence-corrected chi connectivity index (χ4v) is 5.43. The summed E-state index contributed by atoms with van der Waals surface area (Å²) in [7, 11) is -1.40. The van der Waals surface area contributed by atoms with Gasteiger partial charge in [0, 0.05) is 40.0 Å². The first kappa shape index (κ1) is 12.9. The van der Waals surface area contributed by atoms with Crippen LogP contribution in [0.1, 0.15) is 0 Å². The quantitative estimate of drug-likeness (QED) is 0.430. The molecular formula is C19H13NO2S. The number of rotatable bonds is 0. The highest BCUT2D eigenvalue weighted by Crippen LogP contribution is 2.48. The number of hydrogen-bond acceptors (Lipinski definition) is 2. The van der Waals surface area contributed by atoms with Crippen molar-refractivity contribution in [3.8, 4) is 11.1 Å². The third-order valence-electron chi connectivity index (χ3n) is 4.78. The smallest absolute Gasteiger partial charge is 0.207 e. The van der Waals surface area contributed by atoms with Crippen molar-refractivity contribution in [1.82, 2.24) is 4.57 Å². The standard InChI is InChI=1S/C19H13NO2S/c1-20-14-8-4-2-6-12(14)18-15(20)10-11-17-19(18)13-7-3-5-9-16(13)23(17,21)22/h2-11H,1H3. The highest BCUT2D eigenvalue weighted by molar-refractivity contribution is 7.92. The van der Waals surface area contributed by atoms with E-state index in [-0.39, 0.29) is 0 Å². The van der Waals surface area contributed by atoms with Crippen molar-refractivity contribution in [3.05, 3.63) is 60.7 Å². The van der Waals surface area contributed by atoms with E-state index >= 15 is 0 Å². The number of aryl methyl sites for hydroxylation is 1. The molecule has 0 unspecified atom stereocenters. The van der Waals surface area contributed by atoms with E-state index in [2.05, 4.69) is 16.7 Å². The second kappa shape index (κ2) is 4.03. The normalized spacial score (nSPS) is 15.0. The SMILES string of the molecule is Cn1c2ccccc2c2c3c(ccc21)S(=O)(=O)c1ccccc1-3. The first-order valence-electron chi connectivity index (χ1n) is 7.45. The molecule has 0 aliphatic carbocycles. The van der Waals surface area contributed by atoms with Gasteiger partial charge in [0.05, 0.1) is 9.79 Å². The Morgan fingerprint density at radius 2 is 1.52 bits per heavy atom. The van der Waals surface area contributed by atoms with Crippen molar-refractivity contribution in [3.63, 3.8) is 0 Å². The number of sulfone groups is 1. The maximum atomic E-state index is 12.9. The minimum absolute atomic E-state index is 0.412. The summed E-state index contributed by atoms with van der Waals surface area (Å²) in [6, 6.07) is 19.1. The number of hydrogen-bond donors (Lipinski definition) is 0. The third kappa shape index (κ3) is 1.42. The average Bonchev–Trinajstić information content (AvgIpc) is 2.99. The lowest BCUT2D eigenvalue weighted by Gasteiger charge is -2.03. The van der Waals surface area contributed by atoms with Crippen LogP contribution in [0.15, 0.2) is 70.5 Å². The van der Waals surface area contributed by atoms with Crippen molar-refractivity contribution < 1.29 is 8.42 Å². The molecule has 0 saturated carbocycles. The number of benzene rings is 3. The summed E-state index contributed by atoms with van der Waals surface area (Å²) in [6.45, 7) is 0. The molecule has 0 bridgehead atoms. The summed E-state index contributed by atoms with van der Waals surface area (Å²) in [6.07, 6.45) is 0. The molecule has 0 atom stereocenters. The highest BCUT2D eigenvalue weighted by Gasteiger charge is 2.34. The predicted molar refractivity (Wildman–Crippen MR) is 91.3 cm³/mol. The van der Waals surface area contributed by atoms with Gasteiger partial charge in [-0.25, -0.2) is 8.42 Å². The van der Waals surface area contributed by atoms with Gasteiger partial charge in [-0.1, -0.05) is 36.4 Å². The van der Waals surface area contributed by atoms with Gasteiger partial charge in [0.25, 0.3) is 0 Å². The van der Waals surface area contributed by atoms with E-state index in [4.69, 9.17) is 0 Å². The highest BCUT2D eigenvalue weighted by atomic mass is 32.2. The van der Waals surface area contributed by atoms with Crippen LogP contribution in [0.3, 0.4) is 0 Å². The van der Waals surface area contributed by atoms with Gasteiger partial charge in [0.2, 0.25) is 9.84 Å². The molecule has 2 heterocycles. The Morgan fingerprint density at radius 1 is 0.783 bits per heavy atom. The van der Waals surface area contributed by atoms with Gasteiger partial charge in [0.15, 0.2) is 0 Å². The second-order valence-electron chi connectivity index (χ2n) is 5.91. The van der Waals surface area contributed by atoms with Crippen molar-refractivity contribution in [2.45, 2.75) is 9.79 Å². The molecule has 3 aromatic carbocycles. The molecule has 23 heavy (non-hydrogen) atoms. The molecule has 112 valence electrons. The van der Waals surface area contributed by atoms with Gasteiger partial charge in [-0.3, -0.25) is 0 Å². The number of nitrogens with zero attached hydrogens (tertiary/aromatic N) is 1. The summed E-state index contributed by atoms with van der Waals surface area (Å²) in [5.41, 5.74) is 3.81. The number of fused-ring (bicyclic) bond motifs is 7. The van der Waals surface area contributed by atoms with Crippen LogP contribution in [-0.2, 0) is 16.9 Å². The maximum absolute atomic E-state index is 12.9. The molecule has 4 aromatic rings. The summed E-state index contributed by atoms with van der Waals surface area (Å²) >= 11 is 0. The minimum atomic E-state index is -3.43. The monoisotopic (exact) mass is 319 g/mol. The zero-order valence-corrected chi connectivity index (χ0v) is 13.3. The molecule has 0 fully saturated rings. The van der Waals surface area contributed by atoms with Crippen LogP contribution in [0, 0.1) is 0 Å². The van der Waals surface area contributed by atoms with Crippen LogP contribution in [0.4, 0.5) is 0 Å². The molecule has 1 aliphatic rings. The topological polar surface area (TPSA) is 39.1 Å². The predicted octanol–water partition coefficient (Wildman–Crippen LogP) is 4.14. The van der Waals surface area contributed by atoms with Crippen LogP contribution < -0.4 is 0 Å². The Morgan fingerprint density at radius 3 is 2.39 bits per heavy atom. The van der Waals surface area contributed by atoms with Gasteiger partial charge in [0.1, 0.15) is 0 Å². The van der Waals surface area contributed by atoms with E-state index in [1.54, 1.807) is 18.2 Å². The van der Waals surface area contributed by atoms with Crippen molar-refractivity contribution in [2.75, 3.05) is 0 Å². The van der Waals surface area contributed by atoms with E-state index in [9.17, 15) is 8.42 Å². The second-order valence-corrected chi connectivity index (χ2v) is 7.80. The maximum Gasteiger partial charge on any atom is 0.207 e. The van der Waals surface area contributed by atoms with Gasteiger partial charge in [-0.15, -0.1) is 0 Å². The summed E-state index contributed by atoms with van der Waals surface area (Å²) in [4.78, 5) is 0.831. The van der Waals surface area contributed by atoms with E-state index < -0.39 is 9.84 Å². The first-order chi connectivity index (χ1) is 11.1. The van der Waals surface area contributed by atoms with Crippen LogP contribution >= 0.6 is 0 Å². The Balaban J connectivity index is 2.13. The molecule has 0 spiro atoms. The zero-order chi connectivity index (χ0) is 15.8. The third-order valence-corrected chi connectivity index (χ3v) is 6.63. The Kier molecular flexibility index (Phi) is 2.26. The van der Waals surface area contributed by atoms with Crippen molar-refractivity contribution in [2.24, 2.45) is 7.05 Å². The van der Waals surface area contributed by atoms with E-state index in [0.29, 0.717) is 9.79 Å². The molecular weight excluding hydrogens is 306 g/mol. The molecule has 1 aliphatic heterocycles. The summed E-state index contributed by atoms with van der Waals surface area (Å²) in [5, 5.41) is 2.11. The van der Waals surface area contributed by atoms with E-state index in [1.165, 1.54) is 0 Å². The molecule has 0 N–H and O–H groups in total. The Labute approximate surface area is 133 Å². The number of aromatic nitrogens is 1. The lowest BCUT2D eigenvalue weighted by molar-refractivity contribution is 0.599. The van der Waals surface area contributed by atoms with E-state index in [0.717, 1.165) is 32.9 Å². The minimum Gasteiger partial charge on any atom is -0.344 e. The fourth-order valence-electron chi connectivity index (χ4n) is 3.75. The van der Waals surface area contributed by atoms with Gasteiger partial charge in [-0.2, -0.15) is 0 Å².